The maximum absolute atomic E-state index is 3.44. The number of rotatable bonds is 6. The van der Waals surface area contributed by atoms with Crippen molar-refractivity contribution < 1.29 is 0 Å². The van der Waals surface area contributed by atoms with Crippen LogP contribution in [0.1, 0.15) is 88.2 Å². The third-order valence-electron chi connectivity index (χ3n) is 6.87. The van der Waals surface area contributed by atoms with Crippen molar-refractivity contribution in [3.8, 4) is 0 Å². The molecule has 1 heteroatoms. The molecule has 3 rings (SSSR count). The third kappa shape index (κ3) is 5.46. The number of hydrogen-bond acceptors (Lipinski definition) is 0. The zero-order valence-electron chi connectivity index (χ0n) is 15.9. The summed E-state index contributed by atoms with van der Waals surface area (Å²) in [6, 6.07) is 9.62. The molecule has 0 bridgehead atoms. The number of halogens is 1. The lowest BCUT2D eigenvalue weighted by Crippen LogP contribution is -2.25. The minimum atomic E-state index is 0.823. The topological polar surface area (TPSA) is 0 Å². The molecule has 2 aliphatic rings. The van der Waals surface area contributed by atoms with E-state index in [0.29, 0.717) is 0 Å². The molecule has 0 N–H and O–H groups in total. The van der Waals surface area contributed by atoms with Crippen molar-refractivity contribution in [1.82, 2.24) is 0 Å². The van der Waals surface area contributed by atoms with Crippen LogP contribution in [0.2, 0.25) is 0 Å². The Hall–Kier alpha value is -0.560. The number of hydrogen-bond donors (Lipinski definition) is 0. The van der Waals surface area contributed by atoms with Gasteiger partial charge in [0.1, 0.15) is 0 Å². The quantitative estimate of drug-likeness (QED) is 0.451. The highest BCUT2D eigenvalue weighted by atomic mass is 79.9. The van der Waals surface area contributed by atoms with Gasteiger partial charge in [0, 0.05) is 0 Å². The van der Waals surface area contributed by atoms with Crippen molar-refractivity contribution >= 4 is 15.9 Å². The summed E-state index contributed by atoms with van der Waals surface area (Å²) >= 11 is 3.44. The minimum Gasteiger partial charge on any atom is -0.0745 e. The van der Waals surface area contributed by atoms with E-state index in [9.17, 15) is 0 Å². The van der Waals surface area contributed by atoms with Crippen LogP contribution in [-0.4, -0.2) is 0 Å². The molecular weight excluding hydrogens is 368 g/mol. The number of unbranched alkanes of at least 4 members (excludes halogenated alkanes) is 1. The predicted molar refractivity (Wildman–Crippen MR) is 113 cm³/mol. The molecule has 2 fully saturated rings. The molecule has 2 aliphatic carbocycles. The first-order chi connectivity index (χ1) is 12.3. The van der Waals surface area contributed by atoms with Gasteiger partial charge in [-0.1, -0.05) is 59.6 Å². The van der Waals surface area contributed by atoms with Crippen LogP contribution in [0.3, 0.4) is 0 Å². The summed E-state index contributed by atoms with van der Waals surface area (Å²) in [6.45, 7) is 2.28. The Bertz CT molecular complexity index is 514. The molecule has 1 aromatic rings. The average Bonchev–Trinajstić information content (AvgIpc) is 2.68. The van der Waals surface area contributed by atoms with Crippen LogP contribution in [0.15, 0.2) is 35.3 Å². The van der Waals surface area contributed by atoms with Crippen molar-refractivity contribution in [1.29, 1.82) is 0 Å². The van der Waals surface area contributed by atoms with Gasteiger partial charge < -0.3 is 0 Å². The van der Waals surface area contributed by atoms with Crippen LogP contribution in [-0.2, 0) is 6.42 Å². The fourth-order valence-corrected chi connectivity index (χ4v) is 5.60. The predicted octanol–water partition coefficient (Wildman–Crippen LogP) is 8.02. The molecule has 1 aromatic carbocycles. The van der Waals surface area contributed by atoms with Gasteiger partial charge in [0.2, 0.25) is 0 Å². The molecule has 138 valence electrons. The van der Waals surface area contributed by atoms with Crippen LogP contribution in [0.25, 0.3) is 0 Å². The SMILES string of the molecule is CCCCc1ccc(C2CCC([C@H]3CC[C@H](/C=C/Br)CC3)CC2)cc1. The molecule has 0 spiro atoms. The van der Waals surface area contributed by atoms with Gasteiger partial charge in [0.05, 0.1) is 0 Å². The lowest BCUT2D eigenvalue weighted by molar-refractivity contribution is 0.171. The normalized spacial score (nSPS) is 30.6. The van der Waals surface area contributed by atoms with Gasteiger partial charge in [-0.3, -0.25) is 0 Å². The fourth-order valence-electron chi connectivity index (χ4n) is 5.17. The minimum absolute atomic E-state index is 0.823. The summed E-state index contributed by atoms with van der Waals surface area (Å²) in [5.74, 6) is 3.67. The number of benzene rings is 1. The highest BCUT2D eigenvalue weighted by Gasteiger charge is 2.30. The second-order valence-corrected chi connectivity index (χ2v) is 8.98. The summed E-state index contributed by atoms with van der Waals surface area (Å²) in [4.78, 5) is 2.07. The Kier molecular flexibility index (Phi) is 7.65. The van der Waals surface area contributed by atoms with Gasteiger partial charge >= 0.3 is 0 Å². The second-order valence-electron chi connectivity index (χ2n) is 8.45. The molecule has 0 amide bonds. The second kappa shape index (κ2) is 9.95. The molecular formula is C24H35Br. The molecule has 0 saturated heterocycles. The van der Waals surface area contributed by atoms with Gasteiger partial charge in [-0.2, -0.15) is 0 Å². The monoisotopic (exact) mass is 402 g/mol. The van der Waals surface area contributed by atoms with E-state index in [1.807, 2.05) is 0 Å². The van der Waals surface area contributed by atoms with Crippen molar-refractivity contribution in [2.75, 3.05) is 0 Å². The Labute approximate surface area is 163 Å². The highest BCUT2D eigenvalue weighted by molar-refractivity contribution is 9.11. The molecule has 0 aromatic heterocycles. The molecule has 0 unspecified atom stereocenters. The summed E-state index contributed by atoms with van der Waals surface area (Å²) in [5, 5.41) is 0. The van der Waals surface area contributed by atoms with E-state index in [1.54, 1.807) is 5.56 Å². The van der Waals surface area contributed by atoms with E-state index in [-0.39, 0.29) is 0 Å². The largest absolute Gasteiger partial charge is 0.0745 e. The Balaban J connectivity index is 1.45. The maximum atomic E-state index is 3.44. The zero-order valence-corrected chi connectivity index (χ0v) is 17.5. The fraction of sp³-hybridized carbons (Fsp3) is 0.667. The first-order valence-electron chi connectivity index (χ1n) is 10.7. The summed E-state index contributed by atoms with van der Waals surface area (Å²) in [6.07, 6.45) is 17.7. The molecule has 25 heavy (non-hydrogen) atoms. The van der Waals surface area contributed by atoms with Crippen molar-refractivity contribution in [2.24, 2.45) is 17.8 Å². The maximum Gasteiger partial charge on any atom is -0.0162 e. The van der Waals surface area contributed by atoms with E-state index in [4.69, 9.17) is 0 Å². The van der Waals surface area contributed by atoms with Crippen LogP contribution >= 0.6 is 15.9 Å². The number of allylic oxidation sites excluding steroid dienone is 1. The summed E-state index contributed by atoms with van der Waals surface area (Å²) in [5.41, 5.74) is 3.12. The van der Waals surface area contributed by atoms with Gasteiger partial charge in [-0.05, 0) is 104 Å². The van der Waals surface area contributed by atoms with Crippen LogP contribution < -0.4 is 0 Å². The van der Waals surface area contributed by atoms with E-state index in [0.717, 1.165) is 23.7 Å². The number of aryl methyl sites for hydroxylation is 1. The lowest BCUT2D eigenvalue weighted by Gasteiger charge is -2.37. The molecule has 0 heterocycles. The molecule has 2 saturated carbocycles. The van der Waals surface area contributed by atoms with E-state index >= 15 is 0 Å². The first-order valence-corrected chi connectivity index (χ1v) is 11.6. The van der Waals surface area contributed by atoms with Gasteiger partial charge in [-0.25, -0.2) is 0 Å². The standard InChI is InChI=1S/C24H35Br/c1-2-3-4-19-5-9-21(10-6-19)23-13-15-24(16-14-23)22-11-7-20(8-12-22)17-18-25/h5-6,9-10,17-18,20,22-24H,2-4,7-8,11-16H2,1H3/b18-17+/t20-,22-,23?,24?. The third-order valence-corrected chi connectivity index (χ3v) is 7.18. The molecule has 0 radical (unpaired) electrons. The van der Waals surface area contributed by atoms with Crippen LogP contribution in [0.5, 0.6) is 0 Å². The first kappa shape index (κ1) is 19.2. The van der Waals surface area contributed by atoms with Crippen LogP contribution in [0, 0.1) is 17.8 Å². The Morgan fingerprint density at radius 2 is 1.48 bits per heavy atom. The smallest absolute Gasteiger partial charge is 0.0162 e. The van der Waals surface area contributed by atoms with Crippen molar-refractivity contribution in [3.63, 3.8) is 0 Å². The van der Waals surface area contributed by atoms with Crippen molar-refractivity contribution in [2.45, 2.75) is 83.5 Å². The Morgan fingerprint density at radius 1 is 0.880 bits per heavy atom. The van der Waals surface area contributed by atoms with E-state index in [2.05, 4.69) is 58.2 Å². The van der Waals surface area contributed by atoms with Crippen LogP contribution in [0.4, 0.5) is 0 Å². The van der Waals surface area contributed by atoms with E-state index in [1.165, 1.54) is 76.2 Å². The highest BCUT2D eigenvalue weighted by Crippen LogP contribution is 2.44. The Morgan fingerprint density at radius 3 is 2.04 bits per heavy atom. The van der Waals surface area contributed by atoms with Gasteiger partial charge in [0.25, 0.3) is 0 Å². The molecule has 0 aliphatic heterocycles. The van der Waals surface area contributed by atoms with Gasteiger partial charge in [0.15, 0.2) is 0 Å². The van der Waals surface area contributed by atoms with Gasteiger partial charge in [-0.15, -0.1) is 0 Å². The molecule has 0 nitrogen and oxygen atoms in total. The van der Waals surface area contributed by atoms with E-state index < -0.39 is 0 Å². The summed E-state index contributed by atoms with van der Waals surface area (Å²) < 4.78 is 0. The average molecular weight is 403 g/mol. The zero-order chi connectivity index (χ0) is 17.5. The van der Waals surface area contributed by atoms with Crippen molar-refractivity contribution in [3.05, 3.63) is 46.5 Å². The summed E-state index contributed by atoms with van der Waals surface area (Å²) in [7, 11) is 0. The lowest BCUT2D eigenvalue weighted by atomic mass is 9.68. The molecule has 0 atom stereocenters.